The molecule has 0 heterocycles. The molecule has 0 atom stereocenters. The van der Waals surface area contributed by atoms with Crippen molar-refractivity contribution in [3.8, 4) is 0 Å². The molecule has 0 aromatic carbocycles. The van der Waals surface area contributed by atoms with Crippen LogP contribution in [-0.4, -0.2) is 32.3 Å². The Balaban J connectivity index is 0. The summed E-state index contributed by atoms with van der Waals surface area (Å²) in [6, 6.07) is 0. The highest BCUT2D eigenvalue weighted by atomic mass is 127. The maximum Gasteiger partial charge on any atom is 0.188 e. The van der Waals surface area contributed by atoms with Crippen LogP contribution < -0.4 is 11.1 Å². The highest BCUT2D eigenvalue weighted by Gasteiger charge is 2.08. The number of nitrogens with two attached hydrogens (primary N) is 1. The molecule has 3 N–H and O–H groups in total. The molecule has 0 bridgehead atoms. The van der Waals surface area contributed by atoms with Crippen LogP contribution in [0.15, 0.2) is 4.99 Å². The molecule has 110 valence electrons. The first-order valence-corrected chi connectivity index (χ1v) is 6.57. The second kappa shape index (κ2) is 12.0. The number of ether oxygens (including phenoxy) is 1. The van der Waals surface area contributed by atoms with E-state index in [1.165, 1.54) is 6.42 Å². The summed E-state index contributed by atoms with van der Waals surface area (Å²) in [6.45, 7) is 11.9. The van der Waals surface area contributed by atoms with E-state index in [-0.39, 0.29) is 24.0 Å². The Morgan fingerprint density at radius 1 is 1.28 bits per heavy atom. The molecule has 0 saturated carbocycles. The van der Waals surface area contributed by atoms with Crippen molar-refractivity contribution in [2.75, 3.05) is 26.3 Å². The Hall–Kier alpha value is -0.0400. The monoisotopic (exact) mass is 371 g/mol. The topological polar surface area (TPSA) is 59.6 Å². The van der Waals surface area contributed by atoms with Crippen molar-refractivity contribution < 1.29 is 4.74 Å². The van der Waals surface area contributed by atoms with Crippen LogP contribution in [0.4, 0.5) is 0 Å². The molecule has 0 saturated heterocycles. The normalized spacial score (nSPS) is 12.1. The van der Waals surface area contributed by atoms with Gasteiger partial charge in [-0.3, -0.25) is 4.99 Å². The zero-order valence-electron chi connectivity index (χ0n) is 12.3. The standard InChI is InChI=1S/C13H29N3O.HI/c1-5-17-11-7-10-16-12(14)15-9-6-8-13(2,3)4;/h5-11H2,1-4H3,(H3,14,15,16);1H. The molecular formula is C13H30IN3O. The summed E-state index contributed by atoms with van der Waals surface area (Å²) in [7, 11) is 0. The zero-order chi connectivity index (χ0) is 13.1. The predicted octanol–water partition coefficient (Wildman–Crippen LogP) is 2.76. The average molecular weight is 371 g/mol. The summed E-state index contributed by atoms with van der Waals surface area (Å²) in [4.78, 5) is 4.23. The largest absolute Gasteiger partial charge is 0.382 e. The van der Waals surface area contributed by atoms with E-state index in [1.807, 2.05) is 6.92 Å². The molecule has 0 spiro atoms. The second-order valence-corrected chi connectivity index (χ2v) is 5.41. The van der Waals surface area contributed by atoms with E-state index in [0.29, 0.717) is 11.4 Å². The van der Waals surface area contributed by atoms with Crippen molar-refractivity contribution in [2.45, 2.75) is 47.0 Å². The van der Waals surface area contributed by atoms with Crippen molar-refractivity contribution in [1.82, 2.24) is 5.32 Å². The number of hydrogen-bond acceptors (Lipinski definition) is 2. The summed E-state index contributed by atoms with van der Waals surface area (Å²) in [5, 5.41) is 3.13. The molecule has 18 heavy (non-hydrogen) atoms. The fourth-order valence-electron chi connectivity index (χ4n) is 1.40. The van der Waals surface area contributed by atoms with Crippen LogP contribution in [0, 0.1) is 5.41 Å². The van der Waals surface area contributed by atoms with E-state index >= 15 is 0 Å². The second-order valence-electron chi connectivity index (χ2n) is 5.41. The van der Waals surface area contributed by atoms with Crippen LogP contribution in [0.1, 0.15) is 47.0 Å². The first kappa shape index (κ1) is 20.3. The number of aliphatic imine (C=N–C) groups is 1. The fourth-order valence-corrected chi connectivity index (χ4v) is 1.40. The van der Waals surface area contributed by atoms with Gasteiger partial charge >= 0.3 is 0 Å². The Morgan fingerprint density at radius 3 is 2.50 bits per heavy atom. The van der Waals surface area contributed by atoms with Crippen molar-refractivity contribution in [3.63, 3.8) is 0 Å². The molecule has 0 aromatic rings. The van der Waals surface area contributed by atoms with Gasteiger partial charge in [0, 0.05) is 26.3 Å². The van der Waals surface area contributed by atoms with Crippen LogP contribution in [0.3, 0.4) is 0 Å². The van der Waals surface area contributed by atoms with Gasteiger partial charge in [-0.2, -0.15) is 0 Å². The maximum absolute atomic E-state index is 5.74. The molecular weight excluding hydrogens is 341 g/mol. The average Bonchev–Trinajstić information content (AvgIpc) is 2.23. The van der Waals surface area contributed by atoms with Crippen LogP contribution in [0.25, 0.3) is 0 Å². The van der Waals surface area contributed by atoms with Crippen LogP contribution >= 0.6 is 24.0 Å². The number of rotatable bonds is 8. The molecule has 0 amide bonds. The van der Waals surface area contributed by atoms with Crippen molar-refractivity contribution in [2.24, 2.45) is 16.1 Å². The number of guanidine groups is 1. The number of halogens is 1. The highest BCUT2D eigenvalue weighted by Crippen LogP contribution is 2.19. The van der Waals surface area contributed by atoms with Gasteiger partial charge in [0.1, 0.15) is 0 Å². The van der Waals surface area contributed by atoms with E-state index in [1.54, 1.807) is 0 Å². The molecule has 0 aliphatic heterocycles. The zero-order valence-corrected chi connectivity index (χ0v) is 14.6. The van der Waals surface area contributed by atoms with Crippen molar-refractivity contribution in [1.29, 1.82) is 0 Å². The van der Waals surface area contributed by atoms with Gasteiger partial charge in [-0.05, 0) is 31.6 Å². The molecule has 4 nitrogen and oxygen atoms in total. The predicted molar refractivity (Wildman–Crippen MR) is 89.7 cm³/mol. The number of hydrogen-bond donors (Lipinski definition) is 2. The molecule has 0 radical (unpaired) electrons. The van der Waals surface area contributed by atoms with Crippen LogP contribution in [0.2, 0.25) is 0 Å². The third-order valence-corrected chi connectivity index (χ3v) is 2.34. The third-order valence-electron chi connectivity index (χ3n) is 2.34. The van der Waals surface area contributed by atoms with E-state index in [9.17, 15) is 0 Å². The van der Waals surface area contributed by atoms with E-state index in [4.69, 9.17) is 10.5 Å². The lowest BCUT2D eigenvalue weighted by atomic mass is 9.91. The lowest BCUT2D eigenvalue weighted by molar-refractivity contribution is 0.146. The van der Waals surface area contributed by atoms with E-state index < -0.39 is 0 Å². The number of nitrogens with zero attached hydrogens (tertiary/aromatic N) is 1. The summed E-state index contributed by atoms with van der Waals surface area (Å²) >= 11 is 0. The third kappa shape index (κ3) is 16.0. The maximum atomic E-state index is 5.74. The fraction of sp³-hybridized carbons (Fsp3) is 0.923. The minimum atomic E-state index is 0. The van der Waals surface area contributed by atoms with Gasteiger partial charge in [-0.1, -0.05) is 20.8 Å². The lowest BCUT2D eigenvalue weighted by Gasteiger charge is -2.17. The molecule has 0 aliphatic rings. The minimum absolute atomic E-state index is 0. The van der Waals surface area contributed by atoms with Crippen LogP contribution in [-0.2, 0) is 4.74 Å². The summed E-state index contributed by atoms with van der Waals surface area (Å²) in [5.74, 6) is 0.551. The smallest absolute Gasteiger partial charge is 0.188 e. The molecule has 0 aromatic heterocycles. The van der Waals surface area contributed by atoms with Gasteiger partial charge in [-0.25, -0.2) is 0 Å². The minimum Gasteiger partial charge on any atom is -0.382 e. The number of nitrogens with one attached hydrogen (secondary N) is 1. The quantitative estimate of drug-likeness (QED) is 0.299. The van der Waals surface area contributed by atoms with Crippen molar-refractivity contribution in [3.05, 3.63) is 0 Å². The van der Waals surface area contributed by atoms with Gasteiger partial charge in [0.15, 0.2) is 5.96 Å². The first-order valence-electron chi connectivity index (χ1n) is 6.57. The Bertz CT molecular complexity index is 215. The molecule has 0 rings (SSSR count). The van der Waals surface area contributed by atoms with Gasteiger partial charge in [0.25, 0.3) is 0 Å². The summed E-state index contributed by atoms with van der Waals surface area (Å²) in [6.07, 6.45) is 3.24. The van der Waals surface area contributed by atoms with Crippen LogP contribution in [0.5, 0.6) is 0 Å². The molecule has 0 aliphatic carbocycles. The molecule has 5 heteroatoms. The Kier molecular flexibility index (Phi) is 13.5. The van der Waals surface area contributed by atoms with Gasteiger partial charge < -0.3 is 15.8 Å². The lowest BCUT2D eigenvalue weighted by Crippen LogP contribution is -2.33. The molecule has 0 fully saturated rings. The first-order chi connectivity index (χ1) is 7.95. The van der Waals surface area contributed by atoms with Gasteiger partial charge in [0.05, 0.1) is 0 Å². The van der Waals surface area contributed by atoms with E-state index in [2.05, 4.69) is 31.1 Å². The highest BCUT2D eigenvalue weighted by molar-refractivity contribution is 14.0. The summed E-state index contributed by atoms with van der Waals surface area (Å²) in [5.41, 5.74) is 6.13. The van der Waals surface area contributed by atoms with Crippen molar-refractivity contribution >= 4 is 29.9 Å². The summed E-state index contributed by atoms with van der Waals surface area (Å²) < 4.78 is 5.22. The van der Waals surface area contributed by atoms with E-state index in [0.717, 1.165) is 39.1 Å². The Morgan fingerprint density at radius 2 is 1.94 bits per heavy atom. The SMILES string of the molecule is CCOCCCN=C(N)NCCCC(C)(C)C.I. The Labute approximate surface area is 129 Å². The van der Waals surface area contributed by atoms with Gasteiger partial charge in [-0.15, -0.1) is 24.0 Å². The van der Waals surface area contributed by atoms with Gasteiger partial charge in [0.2, 0.25) is 0 Å². The molecule has 0 unspecified atom stereocenters.